The number of carbonyl (C=O) groups excluding carboxylic acids is 2. The lowest BCUT2D eigenvalue weighted by atomic mass is 9.86. The molecule has 11 nitrogen and oxygen atoms in total. The van der Waals surface area contributed by atoms with Gasteiger partial charge in [0.05, 0.1) is 23.3 Å². The van der Waals surface area contributed by atoms with Crippen molar-refractivity contribution in [3.63, 3.8) is 0 Å². The molecule has 0 unspecified atom stereocenters. The van der Waals surface area contributed by atoms with Crippen molar-refractivity contribution in [2.75, 3.05) is 13.4 Å². The van der Waals surface area contributed by atoms with Gasteiger partial charge in [0, 0.05) is 18.3 Å². The minimum absolute atomic E-state index is 0.0000983. The fourth-order valence-electron chi connectivity index (χ4n) is 5.59. The lowest BCUT2D eigenvalue weighted by Crippen LogP contribution is -2.45. The second kappa shape index (κ2) is 11.1. The van der Waals surface area contributed by atoms with Crippen molar-refractivity contribution < 1.29 is 28.5 Å². The predicted octanol–water partition coefficient (Wildman–Crippen LogP) is 5.10. The predicted molar refractivity (Wildman–Crippen MR) is 151 cm³/mol. The maximum absolute atomic E-state index is 13.4. The van der Waals surface area contributed by atoms with Crippen molar-refractivity contribution in [3.05, 3.63) is 30.2 Å². The molecule has 0 atom stereocenters. The Morgan fingerprint density at radius 1 is 1.02 bits per heavy atom. The number of rotatable bonds is 7. The highest BCUT2D eigenvalue weighted by molar-refractivity contribution is 6.08. The number of nitrogens with zero attached hydrogens (tertiary/aromatic N) is 2. The summed E-state index contributed by atoms with van der Waals surface area (Å²) >= 11 is 0. The molecule has 3 heterocycles. The standard InChI is InChI=1S/C30H37N5O6/c1-30(2,3)41-29(37)35-19-9-7-18(8-10-19)34-28(36)20-13-31-26-24(20)32-15-33-25(26)23-21(38-14-17-5-4-6-17)11-12-22-27(23)40-16-39-22/h11-13,15,17-19,31H,4-10,14,16H2,1-3H3,(H,34,36)(H,35,37)/t18-,19-. The van der Waals surface area contributed by atoms with E-state index >= 15 is 0 Å². The number of hydrogen-bond acceptors (Lipinski definition) is 8. The first kappa shape index (κ1) is 27.2. The van der Waals surface area contributed by atoms with Crippen molar-refractivity contribution in [1.29, 1.82) is 0 Å². The van der Waals surface area contributed by atoms with Gasteiger partial charge in [0.1, 0.15) is 28.9 Å². The lowest BCUT2D eigenvalue weighted by molar-refractivity contribution is 0.0488. The van der Waals surface area contributed by atoms with Crippen LogP contribution in [0.4, 0.5) is 4.79 Å². The molecule has 3 aromatic rings. The number of carbonyl (C=O) groups is 2. The van der Waals surface area contributed by atoms with Crippen molar-refractivity contribution in [1.82, 2.24) is 25.6 Å². The average molecular weight is 564 g/mol. The van der Waals surface area contributed by atoms with E-state index in [0.717, 1.165) is 25.7 Å². The summed E-state index contributed by atoms with van der Waals surface area (Å²) < 4.78 is 23.1. The Morgan fingerprint density at radius 2 is 1.78 bits per heavy atom. The quantitative estimate of drug-likeness (QED) is 0.361. The van der Waals surface area contributed by atoms with Crippen molar-refractivity contribution in [3.8, 4) is 28.5 Å². The summed E-state index contributed by atoms with van der Waals surface area (Å²) in [6.07, 6.45) is 9.34. The largest absolute Gasteiger partial charge is 0.492 e. The smallest absolute Gasteiger partial charge is 0.407 e. The van der Waals surface area contributed by atoms with Gasteiger partial charge in [0.25, 0.3) is 5.91 Å². The molecular weight excluding hydrogens is 526 g/mol. The molecule has 2 amide bonds. The van der Waals surface area contributed by atoms with E-state index in [9.17, 15) is 9.59 Å². The van der Waals surface area contributed by atoms with E-state index in [4.69, 9.17) is 18.9 Å². The lowest BCUT2D eigenvalue weighted by Gasteiger charge is -2.30. The van der Waals surface area contributed by atoms with E-state index in [1.807, 2.05) is 32.9 Å². The van der Waals surface area contributed by atoms with Gasteiger partial charge in [-0.25, -0.2) is 14.8 Å². The molecule has 0 saturated heterocycles. The van der Waals surface area contributed by atoms with E-state index in [0.29, 0.717) is 57.6 Å². The molecule has 0 radical (unpaired) electrons. The van der Waals surface area contributed by atoms with Gasteiger partial charge in [0.15, 0.2) is 11.5 Å². The highest BCUT2D eigenvalue weighted by Gasteiger charge is 2.30. The minimum atomic E-state index is -0.538. The molecule has 2 saturated carbocycles. The molecule has 2 aliphatic carbocycles. The van der Waals surface area contributed by atoms with E-state index in [1.165, 1.54) is 25.6 Å². The van der Waals surface area contributed by atoms with Crippen LogP contribution >= 0.6 is 0 Å². The zero-order valence-electron chi connectivity index (χ0n) is 23.7. The molecule has 11 heteroatoms. The number of nitrogens with one attached hydrogen (secondary N) is 3. The molecule has 2 aromatic heterocycles. The number of aromatic amines is 1. The Hall–Kier alpha value is -4.02. The first-order valence-electron chi connectivity index (χ1n) is 14.4. The zero-order chi connectivity index (χ0) is 28.6. The Morgan fingerprint density at radius 3 is 2.49 bits per heavy atom. The zero-order valence-corrected chi connectivity index (χ0v) is 23.7. The summed E-state index contributed by atoms with van der Waals surface area (Å²) in [5, 5.41) is 6.09. The number of aromatic nitrogens is 3. The SMILES string of the molecule is CC(C)(C)OC(=O)N[C@H]1CC[C@H](NC(=O)c2c[nH]c3c(-c4c(OCC5CCC5)ccc5c4OCO5)ncnc23)CC1. The van der Waals surface area contributed by atoms with Gasteiger partial charge < -0.3 is 34.6 Å². The van der Waals surface area contributed by atoms with Crippen LogP contribution in [0.3, 0.4) is 0 Å². The molecule has 3 N–H and O–H groups in total. The van der Waals surface area contributed by atoms with Gasteiger partial charge in [-0.05, 0) is 77.3 Å². The topological polar surface area (TPSA) is 137 Å². The van der Waals surface area contributed by atoms with Crippen molar-refractivity contribution >= 4 is 23.0 Å². The van der Waals surface area contributed by atoms with Gasteiger partial charge in [-0.1, -0.05) is 6.42 Å². The first-order chi connectivity index (χ1) is 19.7. The Labute approximate surface area is 238 Å². The summed E-state index contributed by atoms with van der Waals surface area (Å²) in [7, 11) is 0. The second-order valence-electron chi connectivity index (χ2n) is 12.1. The summed E-state index contributed by atoms with van der Waals surface area (Å²) in [4.78, 5) is 37.8. The number of hydrogen-bond donors (Lipinski definition) is 3. The van der Waals surface area contributed by atoms with Crippen molar-refractivity contribution in [2.45, 2.75) is 83.4 Å². The molecule has 218 valence electrons. The van der Waals surface area contributed by atoms with Gasteiger partial charge in [-0.15, -0.1) is 0 Å². The third-order valence-corrected chi connectivity index (χ3v) is 7.93. The molecule has 1 aromatic carbocycles. The third kappa shape index (κ3) is 5.89. The van der Waals surface area contributed by atoms with E-state index < -0.39 is 11.7 Å². The molecule has 6 rings (SSSR count). The Balaban J connectivity index is 1.17. The summed E-state index contributed by atoms with van der Waals surface area (Å²) in [6, 6.07) is 3.77. The van der Waals surface area contributed by atoms with Crippen LogP contribution < -0.4 is 24.8 Å². The Kier molecular flexibility index (Phi) is 7.35. The summed E-state index contributed by atoms with van der Waals surface area (Å²) in [6.45, 7) is 6.28. The first-order valence-corrected chi connectivity index (χ1v) is 14.4. The molecule has 0 spiro atoms. The van der Waals surface area contributed by atoms with Crippen molar-refractivity contribution in [2.24, 2.45) is 5.92 Å². The molecule has 1 aliphatic heterocycles. The fourth-order valence-corrected chi connectivity index (χ4v) is 5.59. The van der Waals surface area contributed by atoms with Gasteiger partial charge in [0.2, 0.25) is 6.79 Å². The number of amides is 2. The Bertz CT molecular complexity index is 1440. The van der Waals surface area contributed by atoms with Crippen LogP contribution in [-0.2, 0) is 4.74 Å². The van der Waals surface area contributed by atoms with E-state index in [2.05, 4.69) is 25.6 Å². The normalized spacial score (nSPS) is 20.4. The average Bonchev–Trinajstić information content (AvgIpc) is 3.55. The maximum Gasteiger partial charge on any atom is 0.407 e. The van der Waals surface area contributed by atoms with Gasteiger partial charge in [-0.2, -0.15) is 0 Å². The van der Waals surface area contributed by atoms with E-state index in [1.54, 1.807) is 6.20 Å². The third-order valence-electron chi connectivity index (χ3n) is 7.93. The maximum atomic E-state index is 13.4. The monoisotopic (exact) mass is 563 g/mol. The summed E-state index contributed by atoms with van der Waals surface area (Å²) in [5.41, 5.74) is 2.34. The molecule has 2 fully saturated rings. The summed E-state index contributed by atoms with van der Waals surface area (Å²) in [5.74, 6) is 2.22. The highest BCUT2D eigenvalue weighted by atomic mass is 16.7. The number of benzene rings is 1. The van der Waals surface area contributed by atoms with Gasteiger partial charge >= 0.3 is 6.09 Å². The van der Waals surface area contributed by atoms with Crippen LogP contribution in [0.15, 0.2) is 24.7 Å². The van der Waals surface area contributed by atoms with Crippen LogP contribution in [0.5, 0.6) is 17.2 Å². The highest BCUT2D eigenvalue weighted by Crippen LogP contribution is 2.48. The minimum Gasteiger partial charge on any atom is -0.492 e. The molecule has 0 bridgehead atoms. The van der Waals surface area contributed by atoms with E-state index in [-0.39, 0.29) is 24.8 Å². The van der Waals surface area contributed by atoms with Crippen LogP contribution in [0.2, 0.25) is 0 Å². The number of fused-ring (bicyclic) bond motifs is 2. The molecule has 3 aliphatic rings. The number of H-pyrrole nitrogens is 1. The van der Waals surface area contributed by atoms with Crippen LogP contribution in [0.25, 0.3) is 22.3 Å². The molecular formula is C30H37N5O6. The van der Waals surface area contributed by atoms with Gasteiger partial charge in [-0.3, -0.25) is 4.79 Å². The van der Waals surface area contributed by atoms with Crippen LogP contribution in [-0.4, -0.2) is 58.0 Å². The fraction of sp³-hybridized carbons (Fsp3) is 0.533. The number of ether oxygens (including phenoxy) is 4. The molecule has 41 heavy (non-hydrogen) atoms. The van der Waals surface area contributed by atoms with Crippen LogP contribution in [0, 0.1) is 5.92 Å². The van der Waals surface area contributed by atoms with Crippen LogP contribution in [0.1, 0.15) is 76.1 Å². The second-order valence-corrected chi connectivity index (χ2v) is 12.1. The number of alkyl carbamates (subject to hydrolysis) is 1.